The molecule has 0 radical (unpaired) electrons. The number of amides is 2. The van der Waals surface area contributed by atoms with E-state index in [-0.39, 0.29) is 5.69 Å². The predicted octanol–water partition coefficient (Wildman–Crippen LogP) is 1.86. The summed E-state index contributed by atoms with van der Waals surface area (Å²) in [5.41, 5.74) is 3.16. The molecule has 0 aliphatic heterocycles. The first-order valence-electron chi connectivity index (χ1n) is 4.49. The topological polar surface area (TPSA) is 91.0 Å². The van der Waals surface area contributed by atoms with Gasteiger partial charge < -0.3 is 11.1 Å². The van der Waals surface area contributed by atoms with E-state index in [0.29, 0.717) is 12.1 Å². The van der Waals surface area contributed by atoms with Gasteiger partial charge in [0.05, 0.1) is 5.56 Å². The zero-order valence-corrected chi connectivity index (χ0v) is 8.73. The van der Waals surface area contributed by atoms with Crippen LogP contribution in [0.3, 0.4) is 0 Å². The van der Waals surface area contributed by atoms with Gasteiger partial charge in [0.1, 0.15) is 5.82 Å². The minimum Gasteiger partial charge on any atom is -0.351 e. The Morgan fingerprint density at radius 1 is 1.33 bits per heavy atom. The van der Waals surface area contributed by atoms with Crippen molar-refractivity contribution >= 4 is 17.7 Å². The number of alkyl halides is 3. The number of hydrogen-bond acceptors (Lipinski definition) is 2. The smallest absolute Gasteiger partial charge is 0.351 e. The van der Waals surface area contributed by atoms with Crippen LogP contribution in [0.4, 0.5) is 28.0 Å². The first kappa shape index (κ1) is 13.7. The second kappa shape index (κ2) is 4.90. The van der Waals surface area contributed by atoms with Crippen molar-refractivity contribution in [1.29, 1.82) is 5.41 Å². The van der Waals surface area contributed by atoms with Gasteiger partial charge in [0.15, 0.2) is 0 Å². The van der Waals surface area contributed by atoms with E-state index < -0.39 is 29.5 Å². The molecule has 1 aromatic carbocycles. The molecule has 0 aliphatic carbocycles. The van der Waals surface area contributed by atoms with Crippen LogP contribution in [0.1, 0.15) is 5.56 Å². The average molecular weight is 264 g/mol. The van der Waals surface area contributed by atoms with E-state index in [1.165, 1.54) is 0 Å². The summed E-state index contributed by atoms with van der Waals surface area (Å²) < 4.78 is 49.8. The van der Waals surface area contributed by atoms with Gasteiger partial charge in [-0.1, -0.05) is 0 Å². The lowest BCUT2D eigenvalue weighted by Crippen LogP contribution is -2.38. The van der Waals surface area contributed by atoms with E-state index in [0.717, 1.165) is 6.07 Å². The second-order valence-electron chi connectivity index (χ2n) is 3.18. The molecule has 9 heteroatoms. The van der Waals surface area contributed by atoms with Crippen LogP contribution >= 0.6 is 0 Å². The first-order chi connectivity index (χ1) is 8.20. The van der Waals surface area contributed by atoms with E-state index in [9.17, 15) is 22.4 Å². The summed E-state index contributed by atoms with van der Waals surface area (Å²) in [5.74, 6) is -2.07. The molecule has 0 bridgehead atoms. The largest absolute Gasteiger partial charge is 0.419 e. The number of carbonyl (C=O) groups is 1. The Hall–Kier alpha value is -2.32. The van der Waals surface area contributed by atoms with Gasteiger partial charge in [-0.25, -0.2) is 9.18 Å². The Bertz CT molecular complexity index is 486. The zero-order chi connectivity index (χ0) is 13.9. The van der Waals surface area contributed by atoms with Crippen LogP contribution in [0.5, 0.6) is 0 Å². The molecule has 5 nitrogen and oxygen atoms in total. The quantitative estimate of drug-likeness (QED) is 0.354. The van der Waals surface area contributed by atoms with Gasteiger partial charge in [0.25, 0.3) is 0 Å². The molecule has 0 saturated carbocycles. The number of benzene rings is 1. The highest BCUT2D eigenvalue weighted by Gasteiger charge is 2.33. The number of urea groups is 1. The van der Waals surface area contributed by atoms with Crippen molar-refractivity contribution in [3.8, 4) is 0 Å². The van der Waals surface area contributed by atoms with Crippen molar-refractivity contribution in [2.75, 3.05) is 5.32 Å². The van der Waals surface area contributed by atoms with Crippen molar-refractivity contribution in [1.82, 2.24) is 5.32 Å². The minimum absolute atomic E-state index is 0.126. The molecule has 0 spiro atoms. The molecule has 0 fully saturated rings. The van der Waals surface area contributed by atoms with Gasteiger partial charge in [-0.15, -0.1) is 0 Å². The van der Waals surface area contributed by atoms with Crippen molar-refractivity contribution in [3.05, 3.63) is 29.6 Å². The molecule has 0 heterocycles. The number of nitrogens with one attached hydrogen (secondary N) is 3. The van der Waals surface area contributed by atoms with Crippen LogP contribution < -0.4 is 16.4 Å². The molecule has 0 saturated heterocycles. The Morgan fingerprint density at radius 2 is 1.94 bits per heavy atom. The maximum absolute atomic E-state index is 13.1. The van der Waals surface area contributed by atoms with E-state index >= 15 is 0 Å². The van der Waals surface area contributed by atoms with Crippen LogP contribution in [0.15, 0.2) is 18.2 Å². The van der Waals surface area contributed by atoms with Gasteiger partial charge in [-0.05, 0) is 18.2 Å². The normalized spacial score (nSPS) is 10.9. The minimum atomic E-state index is -4.79. The highest BCUT2D eigenvalue weighted by Crippen LogP contribution is 2.32. The van der Waals surface area contributed by atoms with Crippen molar-refractivity contribution in [3.63, 3.8) is 0 Å². The summed E-state index contributed by atoms with van der Waals surface area (Å²) in [4.78, 5) is 10.4. The number of hydrogen-bond donors (Lipinski definition) is 4. The van der Waals surface area contributed by atoms with Crippen LogP contribution in [0.2, 0.25) is 0 Å². The monoisotopic (exact) mass is 264 g/mol. The van der Waals surface area contributed by atoms with E-state index in [4.69, 9.17) is 11.1 Å². The molecule has 18 heavy (non-hydrogen) atoms. The molecule has 0 atom stereocenters. The summed E-state index contributed by atoms with van der Waals surface area (Å²) in [5, 5.41) is 11.1. The fraction of sp³-hybridized carbons (Fsp3) is 0.111. The summed E-state index contributed by atoms with van der Waals surface area (Å²) >= 11 is 0. The number of halogens is 4. The van der Waals surface area contributed by atoms with Crippen molar-refractivity contribution in [2.24, 2.45) is 5.73 Å². The van der Waals surface area contributed by atoms with Gasteiger partial charge in [0.2, 0.25) is 5.96 Å². The fourth-order valence-corrected chi connectivity index (χ4v) is 1.12. The Balaban J connectivity index is 2.85. The molecule has 5 N–H and O–H groups in total. The van der Waals surface area contributed by atoms with Crippen LogP contribution in [-0.2, 0) is 6.18 Å². The van der Waals surface area contributed by atoms with Gasteiger partial charge >= 0.3 is 12.2 Å². The first-order valence-corrected chi connectivity index (χ1v) is 4.49. The average Bonchev–Trinajstić information content (AvgIpc) is 2.13. The molecule has 2 amide bonds. The van der Waals surface area contributed by atoms with Crippen molar-refractivity contribution < 1.29 is 22.4 Å². The predicted molar refractivity (Wildman–Crippen MR) is 55.5 cm³/mol. The summed E-state index contributed by atoms with van der Waals surface area (Å²) in [6.07, 6.45) is -4.79. The third-order valence-corrected chi connectivity index (χ3v) is 1.79. The fourth-order valence-electron chi connectivity index (χ4n) is 1.12. The highest BCUT2D eigenvalue weighted by molar-refractivity contribution is 6.01. The second-order valence-corrected chi connectivity index (χ2v) is 3.18. The van der Waals surface area contributed by atoms with Crippen molar-refractivity contribution in [2.45, 2.75) is 6.18 Å². The van der Waals surface area contributed by atoms with Gasteiger partial charge in [0, 0.05) is 5.69 Å². The van der Waals surface area contributed by atoms with Gasteiger partial charge in [-0.2, -0.15) is 13.2 Å². The van der Waals surface area contributed by atoms with Crippen LogP contribution in [-0.4, -0.2) is 12.0 Å². The van der Waals surface area contributed by atoms with E-state index in [1.807, 2.05) is 5.32 Å². The van der Waals surface area contributed by atoms with Crippen LogP contribution in [0, 0.1) is 11.2 Å². The third kappa shape index (κ3) is 3.61. The van der Waals surface area contributed by atoms with Crippen LogP contribution in [0.25, 0.3) is 0 Å². The number of primary amides is 1. The summed E-state index contributed by atoms with van der Waals surface area (Å²) in [6, 6.07) is 0.970. The maximum Gasteiger partial charge on any atom is 0.419 e. The molecule has 0 aromatic heterocycles. The Labute approximate surface area is 98.5 Å². The third-order valence-electron chi connectivity index (χ3n) is 1.79. The lowest BCUT2D eigenvalue weighted by molar-refractivity contribution is -0.139. The molecule has 1 rings (SSSR count). The summed E-state index contributed by atoms with van der Waals surface area (Å²) in [6.45, 7) is 0. The molecule has 98 valence electrons. The Kier molecular flexibility index (Phi) is 3.74. The molecule has 1 aromatic rings. The van der Waals surface area contributed by atoms with E-state index in [2.05, 4.69) is 5.32 Å². The zero-order valence-electron chi connectivity index (χ0n) is 8.73. The number of nitrogens with two attached hydrogens (primary N) is 1. The highest BCUT2D eigenvalue weighted by atomic mass is 19.4. The number of guanidine groups is 1. The SMILES string of the molecule is N=C(NC(N)=O)Nc1ccc(C(F)(F)F)c(F)c1. The molecule has 0 unspecified atom stereocenters. The lowest BCUT2D eigenvalue weighted by atomic mass is 10.2. The molecule has 0 aliphatic rings. The summed E-state index contributed by atoms with van der Waals surface area (Å²) in [7, 11) is 0. The number of rotatable bonds is 1. The number of carbonyl (C=O) groups excluding carboxylic acids is 1. The van der Waals surface area contributed by atoms with Gasteiger partial charge in [-0.3, -0.25) is 10.7 Å². The van der Waals surface area contributed by atoms with E-state index in [1.54, 1.807) is 0 Å². The molecular weight excluding hydrogens is 256 g/mol. The maximum atomic E-state index is 13.1. The Morgan fingerprint density at radius 3 is 2.39 bits per heavy atom. The standard InChI is InChI=1S/C9H8F4N4O/c10-6-3-4(16-7(14)17-8(15)18)1-2-5(6)9(11,12)13/h1-3H,(H5,14,15,16,17,18). The molecular formula is C9H8F4N4O. The number of anilines is 1. The lowest BCUT2D eigenvalue weighted by Gasteiger charge is -2.11.